The lowest BCUT2D eigenvalue weighted by molar-refractivity contribution is 0.0951. The topological polar surface area (TPSA) is 65.2 Å². The standard InChI is InChI=1S/C11H17N3O2/c1-5-12-11(16)8-6-9(14(3)4)10(13-8)7(2)15/h6,13H,5H2,1-4H3,(H,12,16). The van der Waals surface area contributed by atoms with Gasteiger partial charge in [0.15, 0.2) is 5.78 Å². The van der Waals surface area contributed by atoms with Crippen molar-refractivity contribution in [2.75, 3.05) is 25.5 Å². The van der Waals surface area contributed by atoms with Gasteiger partial charge in [-0.05, 0) is 13.0 Å². The summed E-state index contributed by atoms with van der Waals surface area (Å²) in [6.45, 7) is 3.88. The monoisotopic (exact) mass is 223 g/mol. The van der Waals surface area contributed by atoms with Gasteiger partial charge in [0.2, 0.25) is 0 Å². The fourth-order valence-electron chi connectivity index (χ4n) is 1.44. The van der Waals surface area contributed by atoms with E-state index in [9.17, 15) is 9.59 Å². The predicted octanol–water partition coefficient (Wildman–Crippen LogP) is 1.03. The zero-order chi connectivity index (χ0) is 12.3. The van der Waals surface area contributed by atoms with Crippen LogP contribution in [0, 0.1) is 0 Å². The van der Waals surface area contributed by atoms with Crippen LogP contribution in [-0.4, -0.2) is 37.3 Å². The number of carbonyl (C=O) groups excluding carboxylic acids is 2. The highest BCUT2D eigenvalue weighted by Crippen LogP contribution is 2.20. The van der Waals surface area contributed by atoms with E-state index in [1.54, 1.807) is 11.0 Å². The van der Waals surface area contributed by atoms with E-state index in [1.807, 2.05) is 21.0 Å². The molecular weight excluding hydrogens is 206 g/mol. The maximum atomic E-state index is 11.6. The predicted molar refractivity (Wildman–Crippen MR) is 63.1 cm³/mol. The molecule has 5 heteroatoms. The number of Topliss-reactive ketones (excluding diaryl/α,β-unsaturated/α-hetero) is 1. The molecule has 0 aliphatic heterocycles. The number of nitrogens with zero attached hydrogens (tertiary/aromatic N) is 1. The van der Waals surface area contributed by atoms with Crippen LogP contribution in [0.15, 0.2) is 6.07 Å². The van der Waals surface area contributed by atoms with E-state index < -0.39 is 0 Å². The summed E-state index contributed by atoms with van der Waals surface area (Å²) in [6.07, 6.45) is 0. The van der Waals surface area contributed by atoms with Crippen LogP contribution in [0.2, 0.25) is 0 Å². The van der Waals surface area contributed by atoms with Gasteiger partial charge in [0, 0.05) is 27.6 Å². The minimum atomic E-state index is -0.196. The highest BCUT2D eigenvalue weighted by atomic mass is 16.2. The third-order valence-electron chi connectivity index (χ3n) is 2.21. The molecule has 0 aromatic carbocycles. The van der Waals surface area contributed by atoms with Gasteiger partial charge in [0.05, 0.1) is 5.69 Å². The maximum Gasteiger partial charge on any atom is 0.267 e. The average Bonchev–Trinajstić information content (AvgIpc) is 2.62. The molecule has 2 N–H and O–H groups in total. The number of aromatic amines is 1. The molecule has 1 amide bonds. The molecule has 0 unspecified atom stereocenters. The normalized spacial score (nSPS) is 10.0. The maximum absolute atomic E-state index is 11.6. The quantitative estimate of drug-likeness (QED) is 0.749. The minimum Gasteiger partial charge on any atom is -0.376 e. The summed E-state index contributed by atoms with van der Waals surface area (Å²) >= 11 is 0. The van der Waals surface area contributed by atoms with Crippen molar-refractivity contribution in [1.29, 1.82) is 0 Å². The van der Waals surface area contributed by atoms with Gasteiger partial charge in [0.1, 0.15) is 11.4 Å². The van der Waals surface area contributed by atoms with E-state index in [0.717, 1.165) is 5.69 Å². The van der Waals surface area contributed by atoms with Gasteiger partial charge in [-0.3, -0.25) is 9.59 Å². The fraction of sp³-hybridized carbons (Fsp3) is 0.455. The van der Waals surface area contributed by atoms with Crippen LogP contribution in [-0.2, 0) is 0 Å². The van der Waals surface area contributed by atoms with E-state index in [0.29, 0.717) is 17.9 Å². The molecule has 0 aliphatic rings. The van der Waals surface area contributed by atoms with Crippen LogP contribution in [0.1, 0.15) is 34.8 Å². The number of H-pyrrole nitrogens is 1. The summed E-state index contributed by atoms with van der Waals surface area (Å²) in [5.41, 5.74) is 1.61. The molecule has 1 aromatic heterocycles. The summed E-state index contributed by atoms with van der Waals surface area (Å²) < 4.78 is 0. The Labute approximate surface area is 94.8 Å². The highest BCUT2D eigenvalue weighted by Gasteiger charge is 2.16. The fourth-order valence-corrected chi connectivity index (χ4v) is 1.44. The van der Waals surface area contributed by atoms with Crippen molar-refractivity contribution >= 4 is 17.4 Å². The Hall–Kier alpha value is -1.78. The Kier molecular flexibility index (Phi) is 3.71. The molecule has 0 atom stereocenters. The summed E-state index contributed by atoms with van der Waals surface area (Å²) in [7, 11) is 3.66. The van der Waals surface area contributed by atoms with Crippen molar-refractivity contribution in [3.8, 4) is 0 Å². The van der Waals surface area contributed by atoms with Crippen LogP contribution in [0.5, 0.6) is 0 Å². The van der Waals surface area contributed by atoms with E-state index in [1.165, 1.54) is 6.92 Å². The first-order valence-electron chi connectivity index (χ1n) is 5.16. The van der Waals surface area contributed by atoms with Gasteiger partial charge in [-0.25, -0.2) is 0 Å². The lowest BCUT2D eigenvalue weighted by Gasteiger charge is -2.10. The molecule has 0 saturated heterocycles. The Morgan fingerprint density at radius 1 is 1.44 bits per heavy atom. The third kappa shape index (κ3) is 2.42. The molecule has 0 aliphatic carbocycles. The molecule has 0 radical (unpaired) electrons. The number of anilines is 1. The van der Waals surface area contributed by atoms with Crippen molar-refractivity contribution in [3.05, 3.63) is 17.5 Å². The van der Waals surface area contributed by atoms with E-state index in [4.69, 9.17) is 0 Å². The Morgan fingerprint density at radius 3 is 2.44 bits per heavy atom. The lowest BCUT2D eigenvalue weighted by atomic mass is 10.2. The highest BCUT2D eigenvalue weighted by molar-refractivity contribution is 6.02. The van der Waals surface area contributed by atoms with E-state index in [2.05, 4.69) is 10.3 Å². The number of amides is 1. The average molecular weight is 223 g/mol. The number of ketones is 1. The molecule has 16 heavy (non-hydrogen) atoms. The SMILES string of the molecule is CCNC(=O)c1cc(N(C)C)c(C(C)=O)[nH]1. The van der Waals surface area contributed by atoms with Gasteiger partial charge >= 0.3 is 0 Å². The van der Waals surface area contributed by atoms with Crippen molar-refractivity contribution in [2.24, 2.45) is 0 Å². The van der Waals surface area contributed by atoms with Gasteiger partial charge in [-0.2, -0.15) is 0 Å². The van der Waals surface area contributed by atoms with Crippen LogP contribution in [0.25, 0.3) is 0 Å². The van der Waals surface area contributed by atoms with Crippen molar-refractivity contribution < 1.29 is 9.59 Å². The number of hydrogen-bond donors (Lipinski definition) is 2. The minimum absolute atomic E-state index is 0.0840. The van der Waals surface area contributed by atoms with Gasteiger partial charge in [-0.1, -0.05) is 0 Å². The third-order valence-corrected chi connectivity index (χ3v) is 2.21. The summed E-state index contributed by atoms with van der Waals surface area (Å²) in [6, 6.07) is 1.68. The van der Waals surface area contributed by atoms with Crippen LogP contribution < -0.4 is 10.2 Å². The van der Waals surface area contributed by atoms with Crippen molar-refractivity contribution in [2.45, 2.75) is 13.8 Å². The zero-order valence-electron chi connectivity index (χ0n) is 10.0. The second kappa shape index (κ2) is 4.83. The molecule has 0 bridgehead atoms. The second-order valence-corrected chi connectivity index (χ2v) is 3.75. The first-order chi connectivity index (χ1) is 7.47. The van der Waals surface area contributed by atoms with Gasteiger partial charge < -0.3 is 15.2 Å². The van der Waals surface area contributed by atoms with Gasteiger partial charge in [0.25, 0.3) is 5.91 Å². The number of hydrogen-bond acceptors (Lipinski definition) is 3. The van der Waals surface area contributed by atoms with Crippen LogP contribution in [0.4, 0.5) is 5.69 Å². The largest absolute Gasteiger partial charge is 0.376 e. The summed E-state index contributed by atoms with van der Waals surface area (Å²) in [5.74, 6) is -0.280. The first-order valence-corrected chi connectivity index (χ1v) is 5.16. The molecule has 88 valence electrons. The van der Waals surface area contributed by atoms with Crippen molar-refractivity contribution in [3.63, 3.8) is 0 Å². The molecule has 0 saturated carbocycles. The van der Waals surface area contributed by atoms with E-state index >= 15 is 0 Å². The number of rotatable bonds is 4. The smallest absolute Gasteiger partial charge is 0.267 e. The Bertz CT molecular complexity index is 407. The second-order valence-electron chi connectivity index (χ2n) is 3.75. The molecule has 0 fully saturated rings. The Balaban J connectivity index is 3.11. The lowest BCUT2D eigenvalue weighted by Crippen LogP contribution is -2.23. The number of aromatic nitrogens is 1. The van der Waals surface area contributed by atoms with Crippen LogP contribution >= 0.6 is 0 Å². The Morgan fingerprint density at radius 2 is 2.06 bits per heavy atom. The number of carbonyl (C=O) groups is 2. The van der Waals surface area contributed by atoms with E-state index in [-0.39, 0.29) is 11.7 Å². The number of nitrogens with one attached hydrogen (secondary N) is 2. The van der Waals surface area contributed by atoms with Gasteiger partial charge in [-0.15, -0.1) is 0 Å². The van der Waals surface area contributed by atoms with Crippen LogP contribution in [0.3, 0.4) is 0 Å². The zero-order valence-corrected chi connectivity index (χ0v) is 10.0. The molecule has 1 rings (SSSR count). The van der Waals surface area contributed by atoms with Crippen molar-refractivity contribution in [1.82, 2.24) is 10.3 Å². The summed E-state index contributed by atoms with van der Waals surface area (Å²) in [4.78, 5) is 27.6. The molecule has 1 aromatic rings. The summed E-state index contributed by atoms with van der Waals surface area (Å²) in [5, 5.41) is 2.68. The molecule has 5 nitrogen and oxygen atoms in total. The molecule has 1 heterocycles. The first kappa shape index (κ1) is 12.3. The molecular formula is C11H17N3O2. The molecule has 0 spiro atoms.